The number of aliphatic hydroxyl groups is 1. The summed E-state index contributed by atoms with van der Waals surface area (Å²) in [5.74, 6) is -1.51. The molecular formula is C26H26N4O6S. The zero-order valence-corrected chi connectivity index (χ0v) is 20.7. The summed E-state index contributed by atoms with van der Waals surface area (Å²) in [6, 6.07) is 19.6. The molecule has 3 aromatic carbocycles. The summed E-state index contributed by atoms with van der Waals surface area (Å²) in [6.45, 7) is 0.322. The van der Waals surface area contributed by atoms with Crippen molar-refractivity contribution in [3.8, 4) is 11.1 Å². The average Bonchev–Trinajstić information content (AvgIpc) is 2.88. The van der Waals surface area contributed by atoms with Crippen molar-refractivity contribution in [1.29, 1.82) is 5.41 Å². The van der Waals surface area contributed by atoms with Crippen molar-refractivity contribution in [2.24, 2.45) is 5.73 Å². The molecule has 4 rings (SSSR count). The Bertz CT molecular complexity index is 1440. The van der Waals surface area contributed by atoms with E-state index in [0.717, 1.165) is 6.26 Å². The van der Waals surface area contributed by atoms with Crippen LogP contribution in [-0.4, -0.2) is 62.8 Å². The van der Waals surface area contributed by atoms with Crippen LogP contribution in [0.4, 0.5) is 11.4 Å². The molecule has 10 nitrogen and oxygen atoms in total. The minimum absolute atomic E-state index is 0.104. The highest BCUT2D eigenvalue weighted by Gasteiger charge is 2.39. The van der Waals surface area contributed by atoms with E-state index in [1.165, 1.54) is 17.0 Å². The van der Waals surface area contributed by atoms with Crippen molar-refractivity contribution in [1.82, 2.24) is 0 Å². The molecule has 0 radical (unpaired) electrons. The van der Waals surface area contributed by atoms with Crippen molar-refractivity contribution in [3.63, 3.8) is 0 Å². The number of sulfone groups is 1. The molecule has 0 spiro atoms. The van der Waals surface area contributed by atoms with Gasteiger partial charge in [0.1, 0.15) is 5.84 Å². The van der Waals surface area contributed by atoms with E-state index in [1.807, 2.05) is 0 Å². The van der Waals surface area contributed by atoms with Crippen LogP contribution >= 0.6 is 0 Å². The first-order valence-electron chi connectivity index (χ1n) is 11.3. The third-order valence-corrected chi connectivity index (χ3v) is 7.07. The number of hydrogen-bond donors (Lipinski definition) is 4. The number of nitrogens with two attached hydrogens (primary N) is 1. The largest absolute Gasteiger partial charge is 0.384 e. The van der Waals surface area contributed by atoms with Crippen molar-refractivity contribution >= 4 is 38.9 Å². The number of aliphatic hydroxyl groups excluding tert-OH is 1. The van der Waals surface area contributed by atoms with Crippen LogP contribution in [-0.2, 0) is 24.2 Å². The number of amidine groups is 1. The van der Waals surface area contributed by atoms with Gasteiger partial charge in [0.25, 0.3) is 11.8 Å². The van der Waals surface area contributed by atoms with Crippen molar-refractivity contribution in [3.05, 3.63) is 78.4 Å². The highest BCUT2D eigenvalue weighted by molar-refractivity contribution is 7.90. The molecule has 37 heavy (non-hydrogen) atoms. The van der Waals surface area contributed by atoms with Crippen LogP contribution in [0.5, 0.6) is 0 Å². The second kappa shape index (κ2) is 10.5. The molecule has 0 aromatic heterocycles. The molecule has 3 aromatic rings. The van der Waals surface area contributed by atoms with Crippen LogP contribution in [0.25, 0.3) is 11.1 Å². The number of amides is 2. The number of morpholine rings is 1. The first kappa shape index (κ1) is 26.0. The van der Waals surface area contributed by atoms with Crippen molar-refractivity contribution in [2.45, 2.75) is 17.1 Å². The van der Waals surface area contributed by atoms with Gasteiger partial charge in [-0.1, -0.05) is 30.3 Å². The number of benzene rings is 3. The summed E-state index contributed by atoms with van der Waals surface area (Å²) in [5, 5.41) is 20.5. The van der Waals surface area contributed by atoms with Gasteiger partial charge in [-0.05, 0) is 48.0 Å². The molecule has 2 amide bonds. The van der Waals surface area contributed by atoms with Crippen LogP contribution in [0.3, 0.4) is 0 Å². The predicted octanol–water partition coefficient (Wildman–Crippen LogP) is 1.77. The maximum absolute atomic E-state index is 13.1. The molecule has 5 N–H and O–H groups in total. The quantitative estimate of drug-likeness (QED) is 0.271. The van der Waals surface area contributed by atoms with E-state index in [4.69, 9.17) is 15.9 Å². The molecule has 0 aliphatic carbocycles. The Morgan fingerprint density at radius 3 is 2.38 bits per heavy atom. The smallest absolute Gasteiger partial charge is 0.259 e. The standard InChI is InChI=1S/C26H26N4O6S/c1-37(34,35)21-5-3-2-4-20(21)16-8-12-19(13-9-16)30-14-15-36-23(26(30)33)22(31)25(32)29-18-10-6-17(7-11-18)24(27)28/h2-13,22-23,31H,14-15H2,1H3,(H3,27,28)(H,29,32)/t22?,23-/m1/s1. The third kappa shape index (κ3) is 5.69. The molecule has 1 saturated heterocycles. The van der Waals surface area contributed by atoms with Crippen LogP contribution < -0.4 is 16.0 Å². The molecule has 1 aliphatic rings. The maximum atomic E-state index is 13.1. The summed E-state index contributed by atoms with van der Waals surface area (Å²) in [6.07, 6.45) is -2.02. The molecule has 1 unspecified atom stereocenters. The molecule has 11 heteroatoms. The van der Waals surface area contributed by atoms with Crippen LogP contribution in [0, 0.1) is 5.41 Å². The first-order valence-corrected chi connectivity index (χ1v) is 13.2. The number of anilines is 2. The average molecular weight is 523 g/mol. The highest BCUT2D eigenvalue weighted by atomic mass is 32.2. The van der Waals surface area contributed by atoms with Gasteiger partial charge in [0.2, 0.25) is 0 Å². The molecule has 0 saturated carbocycles. The molecule has 1 fully saturated rings. The van der Waals surface area contributed by atoms with Gasteiger partial charge in [0.05, 0.1) is 11.5 Å². The molecule has 0 bridgehead atoms. The van der Waals surface area contributed by atoms with E-state index in [2.05, 4.69) is 5.32 Å². The summed E-state index contributed by atoms with van der Waals surface area (Å²) in [5.41, 5.74) is 7.99. The minimum Gasteiger partial charge on any atom is -0.384 e. The summed E-state index contributed by atoms with van der Waals surface area (Å²) < 4.78 is 29.8. The van der Waals surface area contributed by atoms with Gasteiger partial charge in [-0.2, -0.15) is 0 Å². The van der Waals surface area contributed by atoms with Crippen LogP contribution in [0.15, 0.2) is 77.7 Å². The first-order chi connectivity index (χ1) is 17.6. The molecule has 1 heterocycles. The van der Waals surface area contributed by atoms with Crippen molar-refractivity contribution < 1.29 is 27.9 Å². The van der Waals surface area contributed by atoms with E-state index in [0.29, 0.717) is 28.1 Å². The minimum atomic E-state index is -3.44. The van der Waals surface area contributed by atoms with E-state index in [9.17, 15) is 23.1 Å². The fourth-order valence-electron chi connectivity index (χ4n) is 4.02. The zero-order chi connectivity index (χ0) is 26.7. The van der Waals surface area contributed by atoms with Gasteiger partial charge < -0.3 is 25.8 Å². The van der Waals surface area contributed by atoms with Gasteiger partial charge in [0, 0.05) is 35.3 Å². The normalized spacial score (nSPS) is 16.8. The SMILES string of the molecule is CS(=O)(=O)c1ccccc1-c1ccc(N2CCO[C@H](C(O)C(=O)Nc3ccc(C(=N)N)cc3)C2=O)cc1. The monoisotopic (exact) mass is 522 g/mol. The van der Waals surface area contributed by atoms with Crippen LogP contribution in [0.2, 0.25) is 0 Å². The Balaban J connectivity index is 1.48. The maximum Gasteiger partial charge on any atom is 0.259 e. The summed E-state index contributed by atoms with van der Waals surface area (Å²) in [4.78, 5) is 27.4. The Morgan fingerprint density at radius 2 is 1.76 bits per heavy atom. The van der Waals surface area contributed by atoms with Crippen molar-refractivity contribution in [2.75, 3.05) is 29.6 Å². The van der Waals surface area contributed by atoms with Gasteiger partial charge >= 0.3 is 0 Å². The van der Waals surface area contributed by atoms with Gasteiger partial charge in [0.15, 0.2) is 22.0 Å². The molecular weight excluding hydrogens is 496 g/mol. The predicted molar refractivity (Wildman–Crippen MR) is 139 cm³/mol. The van der Waals surface area contributed by atoms with Crippen LogP contribution in [0.1, 0.15) is 5.56 Å². The molecule has 192 valence electrons. The number of carbonyl (C=O) groups is 2. The van der Waals surface area contributed by atoms with E-state index >= 15 is 0 Å². The lowest BCUT2D eigenvalue weighted by Gasteiger charge is -2.34. The second-order valence-electron chi connectivity index (χ2n) is 8.52. The van der Waals surface area contributed by atoms with Gasteiger partial charge in [-0.15, -0.1) is 0 Å². The van der Waals surface area contributed by atoms with E-state index in [1.54, 1.807) is 60.7 Å². The van der Waals surface area contributed by atoms with Gasteiger partial charge in [-0.25, -0.2) is 8.42 Å². The number of hydrogen-bond acceptors (Lipinski definition) is 7. The number of carbonyl (C=O) groups excluding carboxylic acids is 2. The number of nitrogens with one attached hydrogen (secondary N) is 2. The van der Waals surface area contributed by atoms with E-state index in [-0.39, 0.29) is 23.9 Å². The number of ether oxygens (including phenoxy) is 1. The Hall–Kier alpha value is -4.06. The number of rotatable bonds is 7. The molecule has 1 aliphatic heterocycles. The molecule has 2 atom stereocenters. The lowest BCUT2D eigenvalue weighted by molar-refractivity contribution is -0.150. The summed E-state index contributed by atoms with van der Waals surface area (Å²) >= 11 is 0. The fraction of sp³-hybridized carbons (Fsp3) is 0.192. The Morgan fingerprint density at radius 1 is 1.11 bits per heavy atom. The second-order valence-corrected chi connectivity index (χ2v) is 10.5. The highest BCUT2D eigenvalue weighted by Crippen LogP contribution is 2.30. The lowest BCUT2D eigenvalue weighted by Crippen LogP contribution is -2.55. The Kier molecular flexibility index (Phi) is 7.39. The lowest BCUT2D eigenvalue weighted by atomic mass is 10.0. The number of nitrogen functional groups attached to an aromatic ring is 1. The number of nitrogens with zero attached hydrogens (tertiary/aromatic N) is 1. The zero-order valence-electron chi connectivity index (χ0n) is 19.9. The topological polar surface area (TPSA) is 163 Å². The van der Waals surface area contributed by atoms with Gasteiger partial charge in [-0.3, -0.25) is 15.0 Å². The Labute approximate surface area is 214 Å². The third-order valence-electron chi connectivity index (χ3n) is 5.92. The fourth-order valence-corrected chi connectivity index (χ4v) is 4.94. The summed E-state index contributed by atoms with van der Waals surface area (Å²) in [7, 11) is -3.44. The van der Waals surface area contributed by atoms with E-state index < -0.39 is 33.9 Å².